The van der Waals surface area contributed by atoms with E-state index >= 15 is 0 Å². The Kier molecular flexibility index (Phi) is 5.81. The van der Waals surface area contributed by atoms with Gasteiger partial charge in [-0.25, -0.2) is 17.7 Å². The first-order chi connectivity index (χ1) is 13.9. The molecule has 3 heterocycles. The van der Waals surface area contributed by atoms with Crippen molar-refractivity contribution in [2.75, 3.05) is 50.4 Å². The van der Waals surface area contributed by atoms with Crippen LogP contribution in [0.5, 0.6) is 0 Å². The Morgan fingerprint density at radius 3 is 2.66 bits per heavy atom. The molecule has 0 unspecified atom stereocenters. The van der Waals surface area contributed by atoms with E-state index in [9.17, 15) is 13.2 Å². The summed E-state index contributed by atoms with van der Waals surface area (Å²) in [5, 5.41) is 1.02. The standard InChI is InChI=1S/C20H28N4O3S2/c1-3-15-6-4-8-17-18(15)21-20(28-17)23-12-10-22(11-13-23)19(25)16-7-5-9-24(14-16)29(2,26)27/h4,6,8,16H,3,5,7,9-14H2,1-2H3/t16-/m1/s1. The fourth-order valence-corrected chi connectivity index (χ4v) is 6.21. The van der Waals surface area contributed by atoms with Crippen LogP contribution in [-0.4, -0.2) is 74.0 Å². The number of piperidine rings is 1. The third kappa shape index (κ3) is 4.27. The summed E-state index contributed by atoms with van der Waals surface area (Å²) in [7, 11) is -3.24. The Morgan fingerprint density at radius 2 is 1.97 bits per heavy atom. The quantitative estimate of drug-likeness (QED) is 0.735. The van der Waals surface area contributed by atoms with Crippen molar-refractivity contribution in [3.8, 4) is 0 Å². The zero-order valence-corrected chi connectivity index (χ0v) is 18.6. The maximum Gasteiger partial charge on any atom is 0.227 e. The molecule has 0 bridgehead atoms. The van der Waals surface area contributed by atoms with Gasteiger partial charge in [-0.2, -0.15) is 0 Å². The normalized spacial score (nSPS) is 21.7. The second kappa shape index (κ2) is 8.20. The molecule has 1 atom stereocenters. The van der Waals surface area contributed by atoms with E-state index in [-0.39, 0.29) is 11.8 Å². The highest BCUT2D eigenvalue weighted by Gasteiger charge is 2.34. The minimum absolute atomic E-state index is 0.0931. The summed E-state index contributed by atoms with van der Waals surface area (Å²) in [5.74, 6) is -0.129. The molecule has 1 amide bonds. The summed E-state index contributed by atoms with van der Waals surface area (Å²) in [6.45, 7) is 5.82. The fourth-order valence-electron chi connectivity index (χ4n) is 4.24. The van der Waals surface area contributed by atoms with Crippen LogP contribution >= 0.6 is 11.3 Å². The van der Waals surface area contributed by atoms with Crippen molar-refractivity contribution in [1.29, 1.82) is 0 Å². The van der Waals surface area contributed by atoms with Gasteiger partial charge in [0.15, 0.2) is 5.13 Å². The van der Waals surface area contributed by atoms with Crippen LogP contribution in [0.1, 0.15) is 25.3 Å². The highest BCUT2D eigenvalue weighted by atomic mass is 32.2. The van der Waals surface area contributed by atoms with Crippen LogP contribution in [0.25, 0.3) is 10.2 Å². The van der Waals surface area contributed by atoms with Crippen molar-refractivity contribution >= 4 is 42.6 Å². The molecule has 9 heteroatoms. The first-order valence-corrected chi connectivity index (χ1v) is 12.9. The van der Waals surface area contributed by atoms with E-state index in [1.54, 1.807) is 11.3 Å². The molecular formula is C20H28N4O3S2. The SMILES string of the molecule is CCc1cccc2sc(N3CCN(C(=O)[C@@H]4CCCN(S(C)(=O)=O)C4)CC3)nc12. The lowest BCUT2D eigenvalue weighted by Crippen LogP contribution is -2.53. The van der Waals surface area contributed by atoms with E-state index in [0.29, 0.717) is 26.2 Å². The van der Waals surface area contributed by atoms with E-state index in [0.717, 1.165) is 43.0 Å². The van der Waals surface area contributed by atoms with E-state index in [2.05, 4.69) is 30.0 Å². The van der Waals surface area contributed by atoms with Gasteiger partial charge in [0.25, 0.3) is 0 Å². The Bertz CT molecular complexity index is 996. The summed E-state index contributed by atoms with van der Waals surface area (Å²) < 4.78 is 26.3. The fraction of sp³-hybridized carbons (Fsp3) is 0.600. The van der Waals surface area contributed by atoms with Gasteiger partial charge in [0, 0.05) is 39.3 Å². The van der Waals surface area contributed by atoms with Gasteiger partial charge < -0.3 is 9.80 Å². The highest BCUT2D eigenvalue weighted by molar-refractivity contribution is 7.88. The Labute approximate surface area is 176 Å². The molecule has 2 fully saturated rings. The molecule has 158 valence electrons. The molecule has 2 saturated heterocycles. The number of carbonyl (C=O) groups is 1. The largest absolute Gasteiger partial charge is 0.345 e. The first-order valence-electron chi connectivity index (χ1n) is 10.2. The van der Waals surface area contributed by atoms with E-state index in [4.69, 9.17) is 4.98 Å². The molecule has 2 aliphatic heterocycles. The number of thiazole rings is 1. The molecule has 0 aliphatic carbocycles. The number of fused-ring (bicyclic) bond motifs is 1. The van der Waals surface area contributed by atoms with E-state index in [1.165, 1.54) is 20.8 Å². The van der Waals surface area contributed by atoms with Crippen molar-refractivity contribution in [2.24, 2.45) is 5.92 Å². The van der Waals surface area contributed by atoms with Crippen LogP contribution < -0.4 is 4.90 Å². The number of rotatable bonds is 4. The summed E-state index contributed by atoms with van der Waals surface area (Å²) in [4.78, 5) is 22.0. The van der Waals surface area contributed by atoms with Crippen LogP contribution in [-0.2, 0) is 21.2 Å². The lowest BCUT2D eigenvalue weighted by atomic mass is 9.98. The zero-order valence-electron chi connectivity index (χ0n) is 17.0. The first kappa shape index (κ1) is 20.6. The van der Waals surface area contributed by atoms with E-state index < -0.39 is 10.0 Å². The van der Waals surface area contributed by atoms with Gasteiger partial charge in [-0.15, -0.1) is 0 Å². The third-order valence-corrected chi connectivity index (χ3v) is 8.29. The molecule has 0 saturated carbocycles. The molecule has 0 radical (unpaired) electrons. The highest BCUT2D eigenvalue weighted by Crippen LogP contribution is 2.32. The average Bonchev–Trinajstić information content (AvgIpc) is 3.17. The van der Waals surface area contributed by atoms with Crippen molar-refractivity contribution in [3.63, 3.8) is 0 Å². The molecule has 29 heavy (non-hydrogen) atoms. The van der Waals surface area contributed by atoms with Gasteiger partial charge >= 0.3 is 0 Å². The Balaban J connectivity index is 1.40. The van der Waals surface area contributed by atoms with Crippen molar-refractivity contribution in [2.45, 2.75) is 26.2 Å². The number of para-hydroxylation sites is 1. The summed E-state index contributed by atoms with van der Waals surface area (Å²) >= 11 is 1.71. The lowest BCUT2D eigenvalue weighted by Gasteiger charge is -2.38. The molecule has 0 N–H and O–H groups in total. The minimum Gasteiger partial charge on any atom is -0.345 e. The van der Waals surface area contributed by atoms with Crippen LogP contribution in [0.3, 0.4) is 0 Å². The summed E-state index contributed by atoms with van der Waals surface area (Å²) in [5.41, 5.74) is 2.36. The maximum atomic E-state index is 13.0. The Hall–Kier alpha value is -1.71. The molecular weight excluding hydrogens is 408 g/mol. The van der Waals surface area contributed by atoms with Crippen LogP contribution in [0.4, 0.5) is 5.13 Å². The van der Waals surface area contributed by atoms with Crippen LogP contribution in [0, 0.1) is 5.92 Å². The smallest absolute Gasteiger partial charge is 0.227 e. The van der Waals surface area contributed by atoms with Crippen LogP contribution in [0.2, 0.25) is 0 Å². The second-order valence-corrected chi connectivity index (χ2v) is 10.9. The predicted octanol–water partition coefficient (Wildman–Crippen LogP) is 2.18. The van der Waals surface area contributed by atoms with Gasteiger partial charge in [0.05, 0.1) is 22.4 Å². The number of benzene rings is 1. The van der Waals surface area contributed by atoms with Gasteiger partial charge in [-0.05, 0) is 30.9 Å². The Morgan fingerprint density at radius 1 is 1.21 bits per heavy atom. The second-order valence-electron chi connectivity index (χ2n) is 7.89. The number of anilines is 1. The number of hydrogen-bond acceptors (Lipinski definition) is 6. The van der Waals surface area contributed by atoms with Gasteiger partial charge in [0.1, 0.15) is 0 Å². The van der Waals surface area contributed by atoms with Gasteiger partial charge in [0.2, 0.25) is 15.9 Å². The van der Waals surface area contributed by atoms with Crippen LogP contribution in [0.15, 0.2) is 18.2 Å². The maximum absolute atomic E-state index is 13.0. The molecule has 0 spiro atoms. The van der Waals surface area contributed by atoms with Gasteiger partial charge in [-0.1, -0.05) is 30.4 Å². The minimum atomic E-state index is -3.24. The lowest BCUT2D eigenvalue weighted by molar-refractivity contribution is -0.137. The molecule has 1 aromatic carbocycles. The van der Waals surface area contributed by atoms with E-state index in [1.807, 2.05) is 4.90 Å². The van der Waals surface area contributed by atoms with Crippen molar-refractivity contribution < 1.29 is 13.2 Å². The number of carbonyl (C=O) groups excluding carboxylic acids is 1. The molecule has 1 aromatic heterocycles. The molecule has 2 aromatic rings. The number of aromatic nitrogens is 1. The number of nitrogens with zero attached hydrogens (tertiary/aromatic N) is 4. The number of hydrogen-bond donors (Lipinski definition) is 0. The predicted molar refractivity (Wildman–Crippen MR) is 117 cm³/mol. The number of sulfonamides is 1. The summed E-state index contributed by atoms with van der Waals surface area (Å²) in [6, 6.07) is 6.34. The third-order valence-electron chi connectivity index (χ3n) is 5.94. The van der Waals surface area contributed by atoms with Gasteiger partial charge in [-0.3, -0.25) is 4.79 Å². The number of amides is 1. The molecule has 2 aliphatic rings. The molecule has 7 nitrogen and oxygen atoms in total. The average molecular weight is 437 g/mol. The molecule has 4 rings (SSSR count). The van der Waals surface area contributed by atoms with Crippen molar-refractivity contribution in [1.82, 2.24) is 14.2 Å². The number of aryl methyl sites for hydroxylation is 1. The monoisotopic (exact) mass is 436 g/mol. The zero-order chi connectivity index (χ0) is 20.6. The summed E-state index contributed by atoms with van der Waals surface area (Å²) in [6.07, 6.45) is 3.70. The number of piperazine rings is 1. The topological polar surface area (TPSA) is 73.8 Å². The van der Waals surface area contributed by atoms with Crippen molar-refractivity contribution in [3.05, 3.63) is 23.8 Å².